The molecule has 1 aliphatic heterocycles. The van der Waals surface area contributed by atoms with Gasteiger partial charge >= 0.3 is 0 Å². The summed E-state index contributed by atoms with van der Waals surface area (Å²) >= 11 is 1.65. The first-order valence-electron chi connectivity index (χ1n) is 7.10. The molecule has 1 saturated heterocycles. The number of hydrogen-bond donors (Lipinski definition) is 1. The molecule has 0 bridgehead atoms. The molecule has 0 spiro atoms. The van der Waals surface area contributed by atoms with Crippen LogP contribution < -0.4 is 5.32 Å². The van der Waals surface area contributed by atoms with Crippen LogP contribution in [0.1, 0.15) is 39.2 Å². The number of nitrogens with zero attached hydrogens (tertiary/aromatic N) is 1. The first kappa shape index (κ1) is 15.0. The summed E-state index contributed by atoms with van der Waals surface area (Å²) in [6.45, 7) is 6.25. The highest BCUT2D eigenvalue weighted by Crippen LogP contribution is 2.23. The highest BCUT2D eigenvalue weighted by Gasteiger charge is 2.45. The lowest BCUT2D eigenvalue weighted by atomic mass is 9.93. The molecule has 1 aliphatic rings. The molecule has 0 aliphatic carbocycles. The molecule has 1 aromatic heterocycles. The van der Waals surface area contributed by atoms with Gasteiger partial charge in [0.1, 0.15) is 11.6 Å². The maximum Gasteiger partial charge on any atom is 0.246 e. The number of piperazine rings is 1. The summed E-state index contributed by atoms with van der Waals surface area (Å²) in [5, 5.41) is 6.97. The molecule has 2 amide bonds. The number of hydrogen-bond acceptors (Lipinski definition) is 3. The van der Waals surface area contributed by atoms with Crippen molar-refractivity contribution in [3.8, 4) is 0 Å². The van der Waals surface area contributed by atoms with Crippen LogP contribution in [0.3, 0.4) is 0 Å². The van der Waals surface area contributed by atoms with Gasteiger partial charge in [-0.05, 0) is 49.1 Å². The minimum absolute atomic E-state index is 0.0479. The number of nitrogens with one attached hydrogen (secondary N) is 1. The first-order chi connectivity index (χ1) is 9.46. The second-order valence-corrected chi connectivity index (χ2v) is 6.53. The van der Waals surface area contributed by atoms with E-state index in [0.29, 0.717) is 13.0 Å². The molecule has 0 radical (unpaired) electrons. The molecule has 1 fully saturated rings. The van der Waals surface area contributed by atoms with Crippen LogP contribution in [0.15, 0.2) is 16.8 Å². The quantitative estimate of drug-likeness (QED) is 0.905. The zero-order valence-corrected chi connectivity index (χ0v) is 13.1. The summed E-state index contributed by atoms with van der Waals surface area (Å²) in [4.78, 5) is 26.5. The van der Waals surface area contributed by atoms with Gasteiger partial charge in [0.15, 0.2) is 0 Å². The van der Waals surface area contributed by atoms with E-state index in [1.54, 1.807) is 16.2 Å². The molecule has 2 heterocycles. The number of carbonyl (C=O) groups is 2. The monoisotopic (exact) mass is 294 g/mol. The second kappa shape index (κ2) is 5.95. The summed E-state index contributed by atoms with van der Waals surface area (Å²) in [7, 11) is 0. The van der Waals surface area contributed by atoms with Gasteiger partial charge in [0.25, 0.3) is 0 Å². The Labute approximate surface area is 124 Å². The Morgan fingerprint density at radius 3 is 2.75 bits per heavy atom. The Hall–Kier alpha value is -1.36. The molecular weight excluding hydrogens is 272 g/mol. The predicted molar refractivity (Wildman–Crippen MR) is 80.7 cm³/mol. The molecule has 1 unspecified atom stereocenters. The third kappa shape index (κ3) is 2.87. The van der Waals surface area contributed by atoms with E-state index in [9.17, 15) is 9.59 Å². The van der Waals surface area contributed by atoms with E-state index in [2.05, 4.69) is 16.8 Å². The van der Waals surface area contributed by atoms with E-state index in [4.69, 9.17) is 0 Å². The number of amides is 2. The third-order valence-electron chi connectivity index (χ3n) is 3.88. The minimum atomic E-state index is -0.767. The lowest BCUT2D eigenvalue weighted by molar-refractivity contribution is -0.155. The lowest BCUT2D eigenvalue weighted by Crippen LogP contribution is -2.68. The van der Waals surface area contributed by atoms with Crippen molar-refractivity contribution in [1.82, 2.24) is 10.2 Å². The van der Waals surface area contributed by atoms with Crippen molar-refractivity contribution in [1.29, 1.82) is 0 Å². The fourth-order valence-corrected chi connectivity index (χ4v) is 3.24. The zero-order chi connectivity index (χ0) is 14.8. The van der Waals surface area contributed by atoms with Crippen LogP contribution in [0.2, 0.25) is 0 Å². The van der Waals surface area contributed by atoms with Crippen molar-refractivity contribution in [3.05, 3.63) is 22.4 Å². The van der Waals surface area contributed by atoms with Crippen molar-refractivity contribution in [2.75, 3.05) is 6.54 Å². The van der Waals surface area contributed by atoms with Crippen molar-refractivity contribution >= 4 is 23.2 Å². The SMILES string of the molecule is CCCC1NC(=O)C(C)(C)N(CCc2ccsc2)C1=O. The zero-order valence-electron chi connectivity index (χ0n) is 12.3. The molecule has 110 valence electrons. The van der Waals surface area contributed by atoms with Crippen LogP contribution in [0.5, 0.6) is 0 Å². The van der Waals surface area contributed by atoms with Crippen LogP contribution in [-0.4, -0.2) is 34.8 Å². The summed E-state index contributed by atoms with van der Waals surface area (Å²) in [5.41, 5.74) is 0.453. The van der Waals surface area contributed by atoms with E-state index in [0.717, 1.165) is 12.8 Å². The van der Waals surface area contributed by atoms with Gasteiger partial charge in [-0.15, -0.1) is 0 Å². The van der Waals surface area contributed by atoms with E-state index in [1.807, 2.05) is 26.2 Å². The molecular formula is C15H22N2O2S. The highest BCUT2D eigenvalue weighted by molar-refractivity contribution is 7.07. The standard InChI is InChI=1S/C15H22N2O2S/c1-4-5-12-13(18)17(15(2,3)14(19)16-12)8-6-11-7-9-20-10-11/h7,9-10,12H,4-6,8H2,1-3H3,(H,16,19). The summed E-state index contributed by atoms with van der Waals surface area (Å²) < 4.78 is 0. The van der Waals surface area contributed by atoms with Gasteiger partial charge in [0.05, 0.1) is 0 Å². The molecule has 2 rings (SSSR count). The van der Waals surface area contributed by atoms with E-state index >= 15 is 0 Å². The van der Waals surface area contributed by atoms with Gasteiger partial charge in [-0.2, -0.15) is 11.3 Å². The first-order valence-corrected chi connectivity index (χ1v) is 8.04. The van der Waals surface area contributed by atoms with Crippen LogP contribution in [0.4, 0.5) is 0 Å². The molecule has 5 heteroatoms. The summed E-state index contributed by atoms with van der Waals surface area (Å²) in [5.74, 6) is -0.00690. The summed E-state index contributed by atoms with van der Waals surface area (Å²) in [6, 6.07) is 1.71. The van der Waals surface area contributed by atoms with Crippen molar-refractivity contribution in [3.63, 3.8) is 0 Å². The fraction of sp³-hybridized carbons (Fsp3) is 0.600. The average molecular weight is 294 g/mol. The molecule has 4 nitrogen and oxygen atoms in total. The Balaban J connectivity index is 2.12. The Morgan fingerprint density at radius 1 is 1.40 bits per heavy atom. The lowest BCUT2D eigenvalue weighted by Gasteiger charge is -2.44. The summed E-state index contributed by atoms with van der Waals surface area (Å²) in [6.07, 6.45) is 2.38. The second-order valence-electron chi connectivity index (χ2n) is 5.75. The van der Waals surface area contributed by atoms with Gasteiger partial charge in [-0.25, -0.2) is 0 Å². The van der Waals surface area contributed by atoms with E-state index in [1.165, 1.54) is 5.56 Å². The van der Waals surface area contributed by atoms with Crippen LogP contribution in [-0.2, 0) is 16.0 Å². The van der Waals surface area contributed by atoms with Crippen molar-refractivity contribution in [2.45, 2.75) is 51.6 Å². The van der Waals surface area contributed by atoms with Gasteiger partial charge < -0.3 is 10.2 Å². The Kier molecular flexibility index (Phi) is 4.48. The highest BCUT2D eigenvalue weighted by atomic mass is 32.1. The maximum absolute atomic E-state index is 12.5. The van der Waals surface area contributed by atoms with E-state index in [-0.39, 0.29) is 17.9 Å². The minimum Gasteiger partial charge on any atom is -0.342 e. The van der Waals surface area contributed by atoms with Gasteiger partial charge in [-0.3, -0.25) is 9.59 Å². The number of thiophene rings is 1. The fourth-order valence-electron chi connectivity index (χ4n) is 2.53. The number of rotatable bonds is 5. The topological polar surface area (TPSA) is 49.4 Å². The predicted octanol–water partition coefficient (Wildman–Crippen LogP) is 2.20. The Morgan fingerprint density at radius 2 is 2.15 bits per heavy atom. The average Bonchev–Trinajstić information content (AvgIpc) is 2.89. The molecule has 1 atom stereocenters. The smallest absolute Gasteiger partial charge is 0.246 e. The van der Waals surface area contributed by atoms with E-state index < -0.39 is 5.54 Å². The molecule has 20 heavy (non-hydrogen) atoms. The van der Waals surface area contributed by atoms with Crippen LogP contribution in [0.25, 0.3) is 0 Å². The van der Waals surface area contributed by atoms with Gasteiger partial charge in [-0.1, -0.05) is 13.3 Å². The number of carbonyl (C=O) groups excluding carboxylic acids is 2. The third-order valence-corrected chi connectivity index (χ3v) is 4.61. The van der Waals surface area contributed by atoms with Crippen LogP contribution in [0, 0.1) is 0 Å². The molecule has 1 N–H and O–H groups in total. The largest absolute Gasteiger partial charge is 0.342 e. The van der Waals surface area contributed by atoms with Crippen molar-refractivity contribution in [2.24, 2.45) is 0 Å². The normalized spacial score (nSPS) is 21.9. The Bertz CT molecular complexity index is 482. The molecule has 1 aromatic rings. The maximum atomic E-state index is 12.5. The van der Waals surface area contributed by atoms with Gasteiger partial charge in [0, 0.05) is 6.54 Å². The molecule has 0 aromatic carbocycles. The van der Waals surface area contributed by atoms with Crippen LogP contribution >= 0.6 is 11.3 Å². The van der Waals surface area contributed by atoms with Gasteiger partial charge in [0.2, 0.25) is 11.8 Å². The molecule has 0 saturated carbocycles. The van der Waals surface area contributed by atoms with Crippen molar-refractivity contribution < 1.29 is 9.59 Å².